The summed E-state index contributed by atoms with van der Waals surface area (Å²) in [6.45, 7) is 5.29. The Morgan fingerprint density at radius 2 is 1.90 bits per heavy atom. The number of ether oxygens (including phenoxy) is 2. The first kappa shape index (κ1) is 20.6. The van der Waals surface area contributed by atoms with E-state index in [4.69, 9.17) is 9.47 Å². The fourth-order valence-electron chi connectivity index (χ4n) is 2.63. The van der Waals surface area contributed by atoms with E-state index in [0.29, 0.717) is 18.3 Å². The van der Waals surface area contributed by atoms with Gasteiger partial charge in [-0.3, -0.25) is 10.1 Å². The van der Waals surface area contributed by atoms with E-state index in [1.165, 1.54) is 17.4 Å². The summed E-state index contributed by atoms with van der Waals surface area (Å²) in [7, 11) is 0. The summed E-state index contributed by atoms with van der Waals surface area (Å²) in [4.78, 5) is 16.8. The lowest BCUT2D eigenvalue weighted by molar-refractivity contribution is -0.111. The van der Waals surface area contributed by atoms with Crippen LogP contribution in [0, 0.1) is 0 Å². The van der Waals surface area contributed by atoms with Crippen LogP contribution in [0.25, 0.3) is 17.3 Å². The van der Waals surface area contributed by atoms with E-state index in [1.807, 2.05) is 60.8 Å². The van der Waals surface area contributed by atoms with E-state index in [-0.39, 0.29) is 5.91 Å². The zero-order chi connectivity index (χ0) is 20.5. The normalized spacial score (nSPS) is 10.8. The number of thiazole rings is 1. The minimum Gasteiger partial charge on any atom is -0.494 e. The van der Waals surface area contributed by atoms with Crippen molar-refractivity contribution in [2.24, 2.45) is 0 Å². The van der Waals surface area contributed by atoms with Crippen LogP contribution >= 0.6 is 11.3 Å². The van der Waals surface area contributed by atoms with Gasteiger partial charge in [-0.25, -0.2) is 4.98 Å². The second-order valence-corrected chi connectivity index (χ2v) is 7.06. The highest BCUT2D eigenvalue weighted by Crippen LogP contribution is 2.26. The van der Waals surface area contributed by atoms with E-state index < -0.39 is 0 Å². The third-order valence-corrected chi connectivity index (χ3v) is 4.75. The predicted octanol–water partition coefficient (Wildman–Crippen LogP) is 5.65. The van der Waals surface area contributed by atoms with Gasteiger partial charge in [-0.05, 0) is 49.8 Å². The molecular formula is C23H24N2O3S. The van der Waals surface area contributed by atoms with Gasteiger partial charge in [-0.1, -0.05) is 25.1 Å². The molecule has 150 valence electrons. The maximum absolute atomic E-state index is 12.3. The minimum absolute atomic E-state index is 0.233. The number of anilines is 1. The van der Waals surface area contributed by atoms with Gasteiger partial charge >= 0.3 is 0 Å². The first-order valence-corrected chi connectivity index (χ1v) is 10.5. The number of carbonyl (C=O) groups excluding carboxylic acids is 1. The highest BCUT2D eigenvalue weighted by molar-refractivity contribution is 7.14. The van der Waals surface area contributed by atoms with Gasteiger partial charge in [-0.2, -0.15) is 0 Å². The number of nitrogens with one attached hydrogen (secondary N) is 1. The molecule has 1 aromatic heterocycles. The third-order valence-electron chi connectivity index (χ3n) is 3.99. The topological polar surface area (TPSA) is 60.5 Å². The highest BCUT2D eigenvalue weighted by atomic mass is 32.1. The molecule has 0 radical (unpaired) electrons. The quantitative estimate of drug-likeness (QED) is 0.465. The molecule has 6 heteroatoms. The predicted molar refractivity (Wildman–Crippen MR) is 119 cm³/mol. The smallest absolute Gasteiger partial charge is 0.250 e. The Kier molecular flexibility index (Phi) is 7.41. The molecule has 0 unspecified atom stereocenters. The first-order chi connectivity index (χ1) is 14.2. The Hall–Kier alpha value is -3.12. The summed E-state index contributed by atoms with van der Waals surface area (Å²) in [6.07, 6.45) is 4.17. The lowest BCUT2D eigenvalue weighted by Crippen LogP contribution is -2.07. The standard InChI is InChI=1S/C23H24N2O3S/c1-3-15-28-21-8-6-5-7-18(21)11-14-22(26)25-23-24-20(16-29-23)17-9-12-19(13-10-17)27-4-2/h5-14,16H,3-4,15H2,1-2H3,(H,24,25,26)/b14-11+. The van der Waals surface area contributed by atoms with E-state index in [9.17, 15) is 4.79 Å². The summed E-state index contributed by atoms with van der Waals surface area (Å²) in [5.74, 6) is 1.36. The zero-order valence-corrected chi connectivity index (χ0v) is 17.4. The number of amides is 1. The van der Waals surface area contributed by atoms with Crippen molar-refractivity contribution >= 4 is 28.5 Å². The average molecular weight is 409 g/mol. The molecule has 5 nitrogen and oxygen atoms in total. The molecule has 1 N–H and O–H groups in total. The maximum atomic E-state index is 12.3. The molecule has 0 spiro atoms. The molecule has 3 rings (SSSR count). The molecule has 0 aliphatic rings. The molecule has 0 atom stereocenters. The Morgan fingerprint density at radius 1 is 1.10 bits per heavy atom. The van der Waals surface area contributed by atoms with Gasteiger partial charge in [0, 0.05) is 22.6 Å². The van der Waals surface area contributed by atoms with Crippen molar-refractivity contribution in [2.75, 3.05) is 18.5 Å². The maximum Gasteiger partial charge on any atom is 0.250 e. The number of aromatic nitrogens is 1. The fraction of sp³-hybridized carbons (Fsp3) is 0.217. The molecule has 0 aliphatic carbocycles. The van der Waals surface area contributed by atoms with E-state index in [0.717, 1.165) is 34.7 Å². The Balaban J connectivity index is 1.62. The van der Waals surface area contributed by atoms with E-state index >= 15 is 0 Å². The second kappa shape index (κ2) is 10.4. The lowest BCUT2D eigenvalue weighted by Gasteiger charge is -2.07. The van der Waals surface area contributed by atoms with E-state index in [1.54, 1.807) is 6.08 Å². The van der Waals surface area contributed by atoms with Gasteiger partial charge in [0.2, 0.25) is 5.91 Å². The van der Waals surface area contributed by atoms with Gasteiger partial charge in [0.05, 0.1) is 18.9 Å². The fourth-order valence-corrected chi connectivity index (χ4v) is 3.35. The van der Waals surface area contributed by atoms with Crippen LogP contribution in [0.3, 0.4) is 0 Å². The van der Waals surface area contributed by atoms with Crippen LogP contribution in [-0.4, -0.2) is 24.1 Å². The van der Waals surface area contributed by atoms with Crippen LogP contribution in [0.1, 0.15) is 25.8 Å². The number of nitrogens with zero attached hydrogens (tertiary/aromatic N) is 1. The lowest BCUT2D eigenvalue weighted by atomic mass is 10.2. The van der Waals surface area contributed by atoms with Crippen molar-refractivity contribution in [2.45, 2.75) is 20.3 Å². The van der Waals surface area contributed by atoms with Gasteiger partial charge in [0.25, 0.3) is 0 Å². The Labute approximate surface area is 175 Å². The summed E-state index contributed by atoms with van der Waals surface area (Å²) >= 11 is 1.39. The molecule has 2 aromatic carbocycles. The monoisotopic (exact) mass is 408 g/mol. The summed E-state index contributed by atoms with van der Waals surface area (Å²) in [5, 5.41) is 5.29. The average Bonchev–Trinajstić information content (AvgIpc) is 3.20. The number of hydrogen-bond acceptors (Lipinski definition) is 5. The molecule has 3 aromatic rings. The number of hydrogen-bond donors (Lipinski definition) is 1. The van der Waals surface area contributed by atoms with Gasteiger partial charge in [-0.15, -0.1) is 11.3 Å². The van der Waals surface area contributed by atoms with Crippen molar-refractivity contribution in [3.05, 3.63) is 65.6 Å². The van der Waals surface area contributed by atoms with Gasteiger partial charge in [0.15, 0.2) is 5.13 Å². The number of rotatable bonds is 9. The van der Waals surface area contributed by atoms with Crippen LogP contribution in [0.15, 0.2) is 60.0 Å². The minimum atomic E-state index is -0.233. The molecular weight excluding hydrogens is 384 g/mol. The van der Waals surface area contributed by atoms with Crippen molar-refractivity contribution < 1.29 is 14.3 Å². The molecule has 0 aliphatic heterocycles. The summed E-state index contributed by atoms with van der Waals surface area (Å²) in [5.41, 5.74) is 2.66. The largest absolute Gasteiger partial charge is 0.494 e. The molecule has 0 saturated carbocycles. The van der Waals surface area contributed by atoms with Crippen molar-refractivity contribution in [1.29, 1.82) is 0 Å². The van der Waals surface area contributed by atoms with Crippen molar-refractivity contribution in [1.82, 2.24) is 4.98 Å². The van der Waals surface area contributed by atoms with Crippen molar-refractivity contribution in [3.63, 3.8) is 0 Å². The van der Waals surface area contributed by atoms with Gasteiger partial charge < -0.3 is 9.47 Å². The van der Waals surface area contributed by atoms with E-state index in [2.05, 4.69) is 17.2 Å². The Bertz CT molecular complexity index is 964. The first-order valence-electron chi connectivity index (χ1n) is 9.59. The number of carbonyl (C=O) groups is 1. The van der Waals surface area contributed by atoms with Crippen LogP contribution in [0.2, 0.25) is 0 Å². The third kappa shape index (κ3) is 5.93. The number of para-hydroxylation sites is 1. The second-order valence-electron chi connectivity index (χ2n) is 6.20. The summed E-state index contributed by atoms with van der Waals surface area (Å²) in [6, 6.07) is 15.4. The van der Waals surface area contributed by atoms with Crippen LogP contribution in [0.4, 0.5) is 5.13 Å². The van der Waals surface area contributed by atoms with Gasteiger partial charge in [0.1, 0.15) is 11.5 Å². The molecule has 29 heavy (non-hydrogen) atoms. The molecule has 0 bridgehead atoms. The van der Waals surface area contributed by atoms with Crippen LogP contribution in [0.5, 0.6) is 11.5 Å². The Morgan fingerprint density at radius 3 is 2.66 bits per heavy atom. The molecule has 0 saturated heterocycles. The molecule has 1 amide bonds. The SMILES string of the molecule is CCCOc1ccccc1/C=C/C(=O)Nc1nc(-c2ccc(OCC)cc2)cs1. The molecule has 1 heterocycles. The van der Waals surface area contributed by atoms with Crippen LogP contribution < -0.4 is 14.8 Å². The molecule has 0 fully saturated rings. The number of benzene rings is 2. The summed E-state index contributed by atoms with van der Waals surface area (Å²) < 4.78 is 11.2. The zero-order valence-electron chi connectivity index (χ0n) is 16.6. The highest BCUT2D eigenvalue weighted by Gasteiger charge is 2.07. The van der Waals surface area contributed by atoms with Crippen LogP contribution in [-0.2, 0) is 4.79 Å². The van der Waals surface area contributed by atoms with Crippen molar-refractivity contribution in [3.8, 4) is 22.8 Å².